The van der Waals surface area contributed by atoms with Crippen LogP contribution in [-0.4, -0.2) is 31.3 Å². The number of imidazole rings is 1. The maximum absolute atomic E-state index is 4.38. The molecule has 0 aliphatic rings. The zero-order valence-electron chi connectivity index (χ0n) is 10.2. The maximum atomic E-state index is 4.38. The Kier molecular flexibility index (Phi) is 3.87. The van der Waals surface area contributed by atoms with Crippen molar-refractivity contribution < 1.29 is 0 Å². The minimum absolute atomic E-state index is 0.134. The Morgan fingerprint density at radius 3 is 2.94 bits per heavy atom. The van der Waals surface area contributed by atoms with Crippen LogP contribution in [0.5, 0.6) is 0 Å². The van der Waals surface area contributed by atoms with Gasteiger partial charge in [-0.2, -0.15) is 5.10 Å². The van der Waals surface area contributed by atoms with Gasteiger partial charge in [-0.25, -0.2) is 9.97 Å². The van der Waals surface area contributed by atoms with Gasteiger partial charge < -0.3 is 9.88 Å². The molecule has 2 rings (SSSR count). The van der Waals surface area contributed by atoms with Crippen LogP contribution in [-0.2, 0) is 13.0 Å². The van der Waals surface area contributed by atoms with E-state index >= 15 is 0 Å². The van der Waals surface area contributed by atoms with Crippen LogP contribution < -0.4 is 5.32 Å². The lowest BCUT2D eigenvalue weighted by Gasteiger charge is -2.15. The van der Waals surface area contributed by atoms with Crippen molar-refractivity contribution in [3.63, 3.8) is 0 Å². The third kappa shape index (κ3) is 2.71. The number of rotatable bonds is 6. The molecular formula is C11H18N6. The lowest BCUT2D eigenvalue weighted by Crippen LogP contribution is -2.25. The molecule has 92 valence electrons. The Hall–Kier alpha value is -1.69. The van der Waals surface area contributed by atoms with Crippen molar-refractivity contribution in [2.24, 2.45) is 0 Å². The molecule has 2 N–H and O–H groups in total. The number of likely N-dealkylation sites (N-methyl/N-ethyl adjacent to an activating group) is 1. The topological polar surface area (TPSA) is 71.4 Å². The third-order valence-electron chi connectivity index (χ3n) is 2.74. The van der Waals surface area contributed by atoms with Gasteiger partial charge in [-0.3, -0.25) is 5.10 Å². The molecule has 2 aromatic rings. The number of nitrogens with one attached hydrogen (secondary N) is 2. The van der Waals surface area contributed by atoms with E-state index < -0.39 is 0 Å². The first-order valence-electron chi connectivity index (χ1n) is 5.93. The van der Waals surface area contributed by atoms with E-state index in [0.717, 1.165) is 31.2 Å². The molecule has 0 aliphatic heterocycles. The Morgan fingerprint density at radius 1 is 1.41 bits per heavy atom. The minimum atomic E-state index is 0.134. The van der Waals surface area contributed by atoms with E-state index in [9.17, 15) is 0 Å². The van der Waals surface area contributed by atoms with Crippen molar-refractivity contribution in [3.05, 3.63) is 30.4 Å². The number of aryl methyl sites for hydroxylation is 1. The molecule has 0 radical (unpaired) electrons. The van der Waals surface area contributed by atoms with Crippen LogP contribution in [0.15, 0.2) is 18.7 Å². The summed E-state index contributed by atoms with van der Waals surface area (Å²) in [5.74, 6) is 1.92. The van der Waals surface area contributed by atoms with Gasteiger partial charge in [-0.15, -0.1) is 0 Å². The van der Waals surface area contributed by atoms with E-state index in [4.69, 9.17) is 0 Å². The Labute approximate surface area is 100 Å². The molecule has 0 amide bonds. The van der Waals surface area contributed by atoms with Crippen molar-refractivity contribution in [3.8, 4) is 0 Å². The molecule has 0 fully saturated rings. The minimum Gasteiger partial charge on any atom is -0.335 e. The van der Waals surface area contributed by atoms with Gasteiger partial charge in [0.25, 0.3) is 0 Å². The average molecular weight is 234 g/mol. The molecular weight excluding hydrogens is 216 g/mol. The molecule has 0 spiro atoms. The third-order valence-corrected chi connectivity index (χ3v) is 2.74. The number of aromatic amines is 1. The molecule has 0 saturated carbocycles. The quantitative estimate of drug-likeness (QED) is 0.779. The Morgan fingerprint density at radius 2 is 2.29 bits per heavy atom. The number of aromatic nitrogens is 5. The highest BCUT2D eigenvalue weighted by Crippen LogP contribution is 2.13. The van der Waals surface area contributed by atoms with Crippen molar-refractivity contribution in [1.82, 2.24) is 30.0 Å². The number of hydrogen-bond acceptors (Lipinski definition) is 4. The summed E-state index contributed by atoms with van der Waals surface area (Å²) in [6.07, 6.45) is 6.18. The van der Waals surface area contributed by atoms with Crippen molar-refractivity contribution in [2.45, 2.75) is 32.9 Å². The number of hydrogen-bond donors (Lipinski definition) is 2. The largest absolute Gasteiger partial charge is 0.335 e. The van der Waals surface area contributed by atoms with E-state index in [-0.39, 0.29) is 6.04 Å². The summed E-state index contributed by atoms with van der Waals surface area (Å²) < 4.78 is 2.14. The molecule has 1 unspecified atom stereocenters. The van der Waals surface area contributed by atoms with Crippen LogP contribution in [0.4, 0.5) is 0 Å². The second kappa shape index (κ2) is 5.58. The SMILES string of the molecule is CCNC(Cc1nccn1CC)c1ncn[nH]1. The highest BCUT2D eigenvalue weighted by Gasteiger charge is 2.16. The van der Waals surface area contributed by atoms with E-state index in [2.05, 4.69) is 43.9 Å². The van der Waals surface area contributed by atoms with E-state index in [1.807, 2.05) is 12.4 Å². The molecule has 0 aromatic carbocycles. The number of H-pyrrole nitrogens is 1. The molecule has 6 nitrogen and oxygen atoms in total. The standard InChI is InChI=1S/C11H18N6/c1-3-12-9(11-14-8-15-16-11)7-10-13-5-6-17(10)4-2/h5-6,8-9,12H,3-4,7H2,1-2H3,(H,14,15,16). The van der Waals surface area contributed by atoms with Crippen LogP contribution in [0, 0.1) is 0 Å². The molecule has 2 aromatic heterocycles. The fourth-order valence-electron chi connectivity index (χ4n) is 1.90. The van der Waals surface area contributed by atoms with Gasteiger partial charge in [-0.05, 0) is 13.5 Å². The van der Waals surface area contributed by atoms with Gasteiger partial charge in [0.1, 0.15) is 18.0 Å². The van der Waals surface area contributed by atoms with Gasteiger partial charge in [0.2, 0.25) is 0 Å². The lowest BCUT2D eigenvalue weighted by atomic mass is 10.2. The fraction of sp³-hybridized carbons (Fsp3) is 0.545. The van der Waals surface area contributed by atoms with E-state index in [0.29, 0.717) is 0 Å². The zero-order chi connectivity index (χ0) is 12.1. The highest BCUT2D eigenvalue weighted by molar-refractivity contribution is 5.01. The van der Waals surface area contributed by atoms with Gasteiger partial charge in [-0.1, -0.05) is 6.92 Å². The predicted octanol–water partition coefficient (Wildman–Crippen LogP) is 0.914. The summed E-state index contributed by atoms with van der Waals surface area (Å²) in [6.45, 7) is 6.01. The second-order valence-corrected chi connectivity index (χ2v) is 3.81. The second-order valence-electron chi connectivity index (χ2n) is 3.81. The number of nitrogens with zero attached hydrogens (tertiary/aromatic N) is 4. The Balaban J connectivity index is 2.13. The molecule has 0 aliphatic carbocycles. The summed E-state index contributed by atoms with van der Waals surface area (Å²) in [4.78, 5) is 8.58. The molecule has 0 saturated heterocycles. The summed E-state index contributed by atoms with van der Waals surface area (Å²) in [6, 6.07) is 0.134. The first kappa shape index (κ1) is 11.8. The average Bonchev–Trinajstić information content (AvgIpc) is 2.99. The normalized spacial score (nSPS) is 12.8. The van der Waals surface area contributed by atoms with Crippen LogP contribution in [0.2, 0.25) is 0 Å². The zero-order valence-corrected chi connectivity index (χ0v) is 10.2. The molecule has 0 bridgehead atoms. The summed E-state index contributed by atoms with van der Waals surface area (Å²) in [7, 11) is 0. The van der Waals surface area contributed by atoms with Crippen molar-refractivity contribution in [1.29, 1.82) is 0 Å². The van der Waals surface area contributed by atoms with Crippen molar-refractivity contribution in [2.75, 3.05) is 6.54 Å². The fourth-order valence-corrected chi connectivity index (χ4v) is 1.90. The van der Waals surface area contributed by atoms with Crippen LogP contribution in [0.25, 0.3) is 0 Å². The van der Waals surface area contributed by atoms with Crippen LogP contribution in [0.3, 0.4) is 0 Å². The first-order valence-corrected chi connectivity index (χ1v) is 5.93. The summed E-state index contributed by atoms with van der Waals surface area (Å²) in [5.41, 5.74) is 0. The van der Waals surface area contributed by atoms with E-state index in [1.54, 1.807) is 0 Å². The monoisotopic (exact) mass is 234 g/mol. The molecule has 1 atom stereocenters. The Bertz CT molecular complexity index is 433. The van der Waals surface area contributed by atoms with Crippen LogP contribution >= 0.6 is 0 Å². The van der Waals surface area contributed by atoms with Gasteiger partial charge >= 0.3 is 0 Å². The first-order chi connectivity index (χ1) is 8.35. The highest BCUT2D eigenvalue weighted by atomic mass is 15.2. The molecule has 17 heavy (non-hydrogen) atoms. The van der Waals surface area contributed by atoms with Gasteiger partial charge in [0.05, 0.1) is 6.04 Å². The summed E-state index contributed by atoms with van der Waals surface area (Å²) in [5, 5.41) is 10.2. The summed E-state index contributed by atoms with van der Waals surface area (Å²) >= 11 is 0. The lowest BCUT2D eigenvalue weighted by molar-refractivity contribution is 0.500. The smallest absolute Gasteiger partial charge is 0.141 e. The maximum Gasteiger partial charge on any atom is 0.141 e. The predicted molar refractivity (Wildman–Crippen MR) is 64.4 cm³/mol. The molecule has 2 heterocycles. The van der Waals surface area contributed by atoms with Gasteiger partial charge in [0.15, 0.2) is 0 Å². The van der Waals surface area contributed by atoms with Crippen molar-refractivity contribution >= 4 is 0 Å². The van der Waals surface area contributed by atoms with Gasteiger partial charge in [0, 0.05) is 25.4 Å². The van der Waals surface area contributed by atoms with Crippen LogP contribution in [0.1, 0.15) is 31.5 Å². The van der Waals surface area contributed by atoms with E-state index in [1.165, 1.54) is 6.33 Å². The molecule has 6 heteroatoms.